The molecule has 0 aliphatic heterocycles. The van der Waals surface area contributed by atoms with Crippen LogP contribution in [0.25, 0.3) is 0 Å². The van der Waals surface area contributed by atoms with Crippen molar-refractivity contribution in [3.63, 3.8) is 0 Å². The highest BCUT2D eigenvalue weighted by atomic mass is 35.5. The lowest BCUT2D eigenvalue weighted by Gasteiger charge is -2.21. The van der Waals surface area contributed by atoms with Crippen molar-refractivity contribution in [2.24, 2.45) is 0 Å². The molecule has 0 saturated heterocycles. The Balaban J connectivity index is 2.15. The molecule has 0 aromatic heterocycles. The fourth-order valence-electron chi connectivity index (χ4n) is 2.36. The first-order chi connectivity index (χ1) is 12.6. The molecule has 2 aromatic rings. The third-order valence-electron chi connectivity index (χ3n) is 3.67. The van der Waals surface area contributed by atoms with Gasteiger partial charge in [-0.25, -0.2) is 4.39 Å². The summed E-state index contributed by atoms with van der Waals surface area (Å²) < 4.78 is 52.1. The van der Waals surface area contributed by atoms with Crippen LogP contribution < -0.4 is 5.32 Å². The van der Waals surface area contributed by atoms with Gasteiger partial charge in [0, 0.05) is 6.54 Å². The molecule has 0 aliphatic rings. The van der Waals surface area contributed by atoms with E-state index in [0.29, 0.717) is 0 Å². The van der Waals surface area contributed by atoms with Gasteiger partial charge in [-0.2, -0.15) is 13.2 Å². The lowest BCUT2D eigenvalue weighted by atomic mass is 10.1. The zero-order chi connectivity index (χ0) is 20.2. The molecule has 2 rings (SSSR count). The molecular weight excluding hydrogens is 388 g/mol. The first-order valence-corrected chi connectivity index (χ1v) is 8.21. The number of hydrogen-bond donors (Lipinski definition) is 1. The molecule has 0 spiro atoms. The molecule has 2 aromatic carbocycles. The maximum atomic E-state index is 13.1. The van der Waals surface area contributed by atoms with Gasteiger partial charge in [0.2, 0.25) is 5.91 Å². The monoisotopic (exact) mass is 402 g/mol. The van der Waals surface area contributed by atoms with E-state index < -0.39 is 41.6 Å². The largest absolute Gasteiger partial charge is 0.418 e. The summed E-state index contributed by atoms with van der Waals surface area (Å²) in [5.74, 6) is -2.07. The van der Waals surface area contributed by atoms with E-state index in [9.17, 15) is 27.2 Å². The number of nitrogens with one attached hydrogen (secondary N) is 1. The highest BCUT2D eigenvalue weighted by molar-refractivity contribution is 6.33. The van der Waals surface area contributed by atoms with Gasteiger partial charge in [0.05, 0.1) is 21.8 Å². The van der Waals surface area contributed by atoms with E-state index in [1.807, 2.05) is 0 Å². The Morgan fingerprint density at radius 2 is 1.81 bits per heavy atom. The molecule has 2 amide bonds. The maximum Gasteiger partial charge on any atom is 0.418 e. The Morgan fingerprint density at radius 1 is 1.15 bits per heavy atom. The topological polar surface area (TPSA) is 49.4 Å². The third-order valence-corrected chi connectivity index (χ3v) is 3.98. The van der Waals surface area contributed by atoms with Crippen molar-refractivity contribution in [1.29, 1.82) is 0 Å². The number of anilines is 1. The van der Waals surface area contributed by atoms with Crippen molar-refractivity contribution in [2.75, 3.05) is 18.4 Å². The summed E-state index contributed by atoms with van der Waals surface area (Å²) in [6.45, 7) is 1.20. The van der Waals surface area contributed by atoms with Crippen LogP contribution in [0, 0.1) is 5.82 Å². The van der Waals surface area contributed by atoms with Crippen LogP contribution in [-0.2, 0) is 11.0 Å². The summed E-state index contributed by atoms with van der Waals surface area (Å²) in [6, 6.07) is 7.71. The Morgan fingerprint density at radius 3 is 2.41 bits per heavy atom. The van der Waals surface area contributed by atoms with Gasteiger partial charge >= 0.3 is 6.18 Å². The van der Waals surface area contributed by atoms with E-state index in [-0.39, 0.29) is 17.1 Å². The number of carbonyl (C=O) groups excluding carboxylic acids is 2. The molecule has 4 nitrogen and oxygen atoms in total. The number of amides is 2. The summed E-state index contributed by atoms with van der Waals surface area (Å²) in [5, 5.41) is 2.04. The molecular formula is C18H15ClF4N2O2. The van der Waals surface area contributed by atoms with Crippen molar-refractivity contribution < 1.29 is 27.2 Å². The third kappa shape index (κ3) is 5.19. The Labute approximate surface area is 157 Å². The molecule has 0 atom stereocenters. The predicted octanol–water partition coefficient (Wildman–Crippen LogP) is 4.60. The average molecular weight is 403 g/mol. The quantitative estimate of drug-likeness (QED) is 0.743. The zero-order valence-corrected chi connectivity index (χ0v) is 14.9. The molecule has 0 saturated carbocycles. The second-order valence-electron chi connectivity index (χ2n) is 5.54. The minimum Gasteiger partial charge on any atom is -0.330 e. The van der Waals surface area contributed by atoms with Gasteiger partial charge in [-0.15, -0.1) is 0 Å². The molecule has 0 aliphatic carbocycles. The summed E-state index contributed by atoms with van der Waals surface area (Å²) in [5.41, 5.74) is -1.41. The van der Waals surface area contributed by atoms with Crippen LogP contribution in [0.1, 0.15) is 22.8 Å². The van der Waals surface area contributed by atoms with E-state index in [1.165, 1.54) is 18.2 Å². The number of halogens is 5. The second kappa shape index (κ2) is 8.39. The van der Waals surface area contributed by atoms with E-state index in [1.54, 1.807) is 6.92 Å². The molecule has 0 bridgehead atoms. The fraction of sp³-hybridized carbons (Fsp3) is 0.222. The molecule has 0 heterocycles. The van der Waals surface area contributed by atoms with Crippen LogP contribution in [0.15, 0.2) is 42.5 Å². The molecule has 0 fully saturated rings. The summed E-state index contributed by atoms with van der Waals surface area (Å²) in [4.78, 5) is 25.7. The number of alkyl halides is 3. The molecule has 1 N–H and O–H groups in total. The molecule has 9 heteroatoms. The molecule has 144 valence electrons. The Hall–Kier alpha value is -2.61. The Bertz CT molecular complexity index is 855. The minimum absolute atomic E-state index is 0.0107. The standard InChI is InChI=1S/C18H15ClF4N2O2/c1-2-25(17(27)12-8-7-11(20)9-14(12)19)10-16(26)24-15-6-4-3-5-13(15)18(21,22)23/h3-9H,2,10H2,1H3,(H,24,26). The normalized spacial score (nSPS) is 11.2. The summed E-state index contributed by atoms with van der Waals surface area (Å²) >= 11 is 5.85. The van der Waals surface area contributed by atoms with Crippen LogP contribution >= 0.6 is 11.6 Å². The van der Waals surface area contributed by atoms with E-state index in [2.05, 4.69) is 5.32 Å². The maximum absolute atomic E-state index is 13.1. The highest BCUT2D eigenvalue weighted by Crippen LogP contribution is 2.34. The SMILES string of the molecule is CCN(CC(=O)Nc1ccccc1C(F)(F)F)C(=O)c1ccc(F)cc1Cl. The van der Waals surface area contributed by atoms with Gasteiger partial charge in [0.15, 0.2) is 0 Å². The summed E-state index contributed by atoms with van der Waals surface area (Å²) in [7, 11) is 0. The van der Waals surface area contributed by atoms with Crippen LogP contribution in [-0.4, -0.2) is 29.8 Å². The second-order valence-corrected chi connectivity index (χ2v) is 5.94. The van der Waals surface area contributed by atoms with Crippen LogP contribution in [0.3, 0.4) is 0 Å². The Kier molecular flexibility index (Phi) is 6.43. The van der Waals surface area contributed by atoms with E-state index >= 15 is 0 Å². The van der Waals surface area contributed by atoms with Gasteiger partial charge in [0.1, 0.15) is 12.4 Å². The van der Waals surface area contributed by atoms with Crippen LogP contribution in [0.5, 0.6) is 0 Å². The van der Waals surface area contributed by atoms with E-state index in [4.69, 9.17) is 11.6 Å². The van der Waals surface area contributed by atoms with Crippen molar-refractivity contribution in [3.05, 3.63) is 64.4 Å². The first-order valence-electron chi connectivity index (χ1n) is 7.84. The number of rotatable bonds is 5. The number of benzene rings is 2. The van der Waals surface area contributed by atoms with Gasteiger partial charge in [0.25, 0.3) is 5.91 Å². The highest BCUT2D eigenvalue weighted by Gasteiger charge is 2.33. The number of carbonyl (C=O) groups is 2. The zero-order valence-electron chi connectivity index (χ0n) is 14.1. The molecule has 0 radical (unpaired) electrons. The first kappa shape index (κ1) is 20.7. The fourth-order valence-corrected chi connectivity index (χ4v) is 2.61. The van der Waals surface area contributed by atoms with Gasteiger partial charge in [-0.1, -0.05) is 23.7 Å². The van der Waals surface area contributed by atoms with Crippen molar-refractivity contribution in [1.82, 2.24) is 4.90 Å². The number of hydrogen-bond acceptors (Lipinski definition) is 2. The van der Waals surface area contributed by atoms with Gasteiger partial charge in [-0.3, -0.25) is 9.59 Å². The number of nitrogens with zero attached hydrogens (tertiary/aromatic N) is 1. The average Bonchev–Trinajstić information content (AvgIpc) is 2.58. The molecule has 27 heavy (non-hydrogen) atoms. The summed E-state index contributed by atoms with van der Waals surface area (Å²) in [6.07, 6.45) is -4.63. The minimum atomic E-state index is -4.63. The van der Waals surface area contributed by atoms with Gasteiger partial charge < -0.3 is 10.2 Å². The van der Waals surface area contributed by atoms with Crippen molar-refractivity contribution in [2.45, 2.75) is 13.1 Å². The van der Waals surface area contributed by atoms with E-state index in [0.717, 1.165) is 29.2 Å². The van der Waals surface area contributed by atoms with Gasteiger partial charge in [-0.05, 0) is 37.3 Å². The number of likely N-dealkylation sites (N-methyl/N-ethyl adjacent to an activating group) is 1. The van der Waals surface area contributed by atoms with Crippen LogP contribution in [0.4, 0.5) is 23.2 Å². The lowest BCUT2D eigenvalue weighted by molar-refractivity contribution is -0.137. The van der Waals surface area contributed by atoms with Crippen molar-refractivity contribution >= 4 is 29.1 Å². The predicted molar refractivity (Wildman–Crippen MR) is 93.1 cm³/mol. The lowest BCUT2D eigenvalue weighted by Crippen LogP contribution is -2.38. The van der Waals surface area contributed by atoms with Crippen molar-refractivity contribution in [3.8, 4) is 0 Å². The number of para-hydroxylation sites is 1. The van der Waals surface area contributed by atoms with Crippen LogP contribution in [0.2, 0.25) is 5.02 Å². The molecule has 0 unspecified atom stereocenters. The smallest absolute Gasteiger partial charge is 0.330 e.